The largest absolute Gasteiger partial charge is 0.369 e. The van der Waals surface area contributed by atoms with Crippen molar-refractivity contribution in [3.05, 3.63) is 55.0 Å². The van der Waals surface area contributed by atoms with Crippen LogP contribution in [0, 0.1) is 0 Å². The van der Waals surface area contributed by atoms with Gasteiger partial charge in [-0.2, -0.15) is 5.10 Å². The predicted molar refractivity (Wildman–Crippen MR) is 96.0 cm³/mol. The second-order valence-corrected chi connectivity index (χ2v) is 5.73. The topological polar surface area (TPSA) is 59.2 Å². The zero-order valence-corrected chi connectivity index (χ0v) is 13.5. The first-order valence-electron chi connectivity index (χ1n) is 7.61. The van der Waals surface area contributed by atoms with Gasteiger partial charge in [-0.1, -0.05) is 30.3 Å². The fraction of sp³-hybridized carbons (Fsp3) is 0.111. The molecule has 0 aliphatic heterocycles. The van der Waals surface area contributed by atoms with Crippen molar-refractivity contribution in [2.75, 3.05) is 14.1 Å². The SMILES string of the molecule is CN(C)/C=N/c1ncnc2c1cnn2-c1ccc2ccccc2c1. The lowest BCUT2D eigenvalue weighted by Gasteiger charge is -2.05. The van der Waals surface area contributed by atoms with Gasteiger partial charge in [-0.3, -0.25) is 0 Å². The normalized spacial score (nSPS) is 11.6. The van der Waals surface area contributed by atoms with E-state index in [1.54, 1.807) is 12.5 Å². The predicted octanol–water partition coefficient (Wildman–Crippen LogP) is 3.19. The molecule has 0 spiro atoms. The van der Waals surface area contributed by atoms with E-state index >= 15 is 0 Å². The average Bonchev–Trinajstić information content (AvgIpc) is 3.04. The number of benzene rings is 2. The summed E-state index contributed by atoms with van der Waals surface area (Å²) < 4.78 is 1.82. The van der Waals surface area contributed by atoms with Crippen molar-refractivity contribution in [1.29, 1.82) is 0 Å². The van der Waals surface area contributed by atoms with E-state index in [2.05, 4.69) is 44.3 Å². The van der Waals surface area contributed by atoms with E-state index in [0.717, 1.165) is 16.7 Å². The first-order valence-corrected chi connectivity index (χ1v) is 7.61. The van der Waals surface area contributed by atoms with E-state index in [-0.39, 0.29) is 0 Å². The molecule has 0 saturated carbocycles. The maximum Gasteiger partial charge on any atom is 0.168 e. The van der Waals surface area contributed by atoms with Crippen molar-refractivity contribution in [3.8, 4) is 5.69 Å². The molecule has 0 bridgehead atoms. The van der Waals surface area contributed by atoms with Crippen LogP contribution in [0.25, 0.3) is 27.5 Å². The molecule has 0 unspecified atom stereocenters. The Morgan fingerprint density at radius 2 is 1.88 bits per heavy atom. The molecule has 0 atom stereocenters. The Kier molecular flexibility index (Phi) is 3.42. The minimum Gasteiger partial charge on any atom is -0.369 e. The minimum atomic E-state index is 0.612. The monoisotopic (exact) mass is 316 g/mol. The van der Waals surface area contributed by atoms with Crippen LogP contribution in [-0.4, -0.2) is 45.1 Å². The molecule has 4 aromatic rings. The third-order valence-electron chi connectivity index (χ3n) is 3.73. The Morgan fingerprint density at radius 3 is 2.71 bits per heavy atom. The Hall–Kier alpha value is -3.28. The summed E-state index contributed by atoms with van der Waals surface area (Å²) in [6.07, 6.45) is 4.99. The van der Waals surface area contributed by atoms with Crippen LogP contribution < -0.4 is 0 Å². The van der Waals surface area contributed by atoms with Crippen molar-refractivity contribution in [2.24, 2.45) is 4.99 Å². The highest BCUT2D eigenvalue weighted by Gasteiger charge is 2.10. The Bertz CT molecular complexity index is 1050. The van der Waals surface area contributed by atoms with Crippen LogP contribution in [0.2, 0.25) is 0 Å². The van der Waals surface area contributed by atoms with Crippen molar-refractivity contribution in [2.45, 2.75) is 0 Å². The average molecular weight is 316 g/mol. The van der Waals surface area contributed by atoms with Crippen LogP contribution in [0.1, 0.15) is 0 Å². The molecule has 2 aromatic heterocycles. The van der Waals surface area contributed by atoms with Crippen molar-refractivity contribution >= 4 is 34.0 Å². The Balaban J connectivity index is 1.86. The molecule has 2 aromatic carbocycles. The molecule has 0 aliphatic rings. The van der Waals surface area contributed by atoms with Crippen molar-refractivity contribution in [1.82, 2.24) is 24.6 Å². The molecular weight excluding hydrogens is 300 g/mol. The van der Waals surface area contributed by atoms with Crippen molar-refractivity contribution in [3.63, 3.8) is 0 Å². The highest BCUT2D eigenvalue weighted by Crippen LogP contribution is 2.25. The zero-order chi connectivity index (χ0) is 16.5. The number of hydrogen-bond acceptors (Lipinski definition) is 4. The van der Waals surface area contributed by atoms with E-state index in [4.69, 9.17) is 0 Å². The number of rotatable bonds is 3. The highest BCUT2D eigenvalue weighted by molar-refractivity contribution is 5.88. The van der Waals surface area contributed by atoms with E-state index in [1.807, 2.05) is 41.9 Å². The molecule has 0 radical (unpaired) electrons. The molecule has 0 saturated heterocycles. The van der Waals surface area contributed by atoms with Gasteiger partial charge in [0.25, 0.3) is 0 Å². The fourth-order valence-electron chi connectivity index (χ4n) is 2.60. The maximum atomic E-state index is 4.49. The number of aliphatic imine (C=N–C) groups is 1. The smallest absolute Gasteiger partial charge is 0.168 e. The summed E-state index contributed by atoms with van der Waals surface area (Å²) in [4.78, 5) is 14.9. The van der Waals surface area contributed by atoms with E-state index in [0.29, 0.717) is 5.82 Å². The number of fused-ring (bicyclic) bond motifs is 2. The van der Waals surface area contributed by atoms with E-state index in [9.17, 15) is 0 Å². The summed E-state index contributed by atoms with van der Waals surface area (Å²) in [6, 6.07) is 14.5. The van der Waals surface area contributed by atoms with E-state index < -0.39 is 0 Å². The van der Waals surface area contributed by atoms with Gasteiger partial charge in [0.05, 0.1) is 23.6 Å². The summed E-state index contributed by atoms with van der Waals surface area (Å²) in [5.41, 5.74) is 1.70. The van der Waals surface area contributed by atoms with Gasteiger partial charge in [-0.05, 0) is 22.9 Å². The molecule has 0 aliphatic carbocycles. The van der Waals surface area contributed by atoms with Crippen molar-refractivity contribution < 1.29 is 0 Å². The fourth-order valence-corrected chi connectivity index (χ4v) is 2.60. The molecule has 6 heteroatoms. The lowest BCUT2D eigenvalue weighted by atomic mass is 10.1. The zero-order valence-electron chi connectivity index (χ0n) is 13.5. The van der Waals surface area contributed by atoms with Gasteiger partial charge < -0.3 is 4.90 Å². The standard InChI is InChI=1S/C18H16N6/c1-23(2)12-21-17-16-10-22-24(18(16)20-11-19-17)15-8-7-13-5-3-4-6-14(13)9-15/h3-12H,1-2H3/b21-12+. The van der Waals surface area contributed by atoms with Gasteiger partial charge in [-0.25, -0.2) is 19.6 Å². The number of nitrogens with zero attached hydrogens (tertiary/aromatic N) is 6. The number of hydrogen-bond donors (Lipinski definition) is 0. The first kappa shape index (κ1) is 14.3. The Labute approximate surface area is 139 Å². The summed E-state index contributed by atoms with van der Waals surface area (Å²) >= 11 is 0. The molecular formula is C18H16N6. The van der Waals surface area contributed by atoms with Crippen LogP contribution in [0.4, 0.5) is 5.82 Å². The highest BCUT2D eigenvalue weighted by atomic mass is 15.3. The summed E-state index contributed by atoms with van der Waals surface area (Å²) in [6.45, 7) is 0. The van der Waals surface area contributed by atoms with Crippen LogP contribution in [0.3, 0.4) is 0 Å². The lowest BCUT2D eigenvalue weighted by Crippen LogP contribution is -2.07. The molecule has 4 rings (SSSR count). The van der Waals surface area contributed by atoms with Crippen LogP contribution in [0.15, 0.2) is 60.0 Å². The van der Waals surface area contributed by atoms with Crippen LogP contribution in [0.5, 0.6) is 0 Å². The summed E-state index contributed by atoms with van der Waals surface area (Å²) in [7, 11) is 3.83. The first-order chi connectivity index (χ1) is 11.7. The van der Waals surface area contributed by atoms with E-state index in [1.165, 1.54) is 17.1 Å². The van der Waals surface area contributed by atoms with Crippen LogP contribution >= 0.6 is 0 Å². The molecule has 24 heavy (non-hydrogen) atoms. The van der Waals surface area contributed by atoms with Gasteiger partial charge in [0.1, 0.15) is 6.33 Å². The quantitative estimate of drug-likeness (QED) is 0.430. The Morgan fingerprint density at radius 1 is 1.04 bits per heavy atom. The molecule has 0 amide bonds. The van der Waals surface area contributed by atoms with Gasteiger partial charge in [-0.15, -0.1) is 0 Å². The minimum absolute atomic E-state index is 0.612. The lowest BCUT2D eigenvalue weighted by molar-refractivity contribution is 0.643. The molecule has 0 fully saturated rings. The third-order valence-corrected chi connectivity index (χ3v) is 3.73. The summed E-state index contributed by atoms with van der Waals surface area (Å²) in [5.74, 6) is 0.612. The summed E-state index contributed by atoms with van der Waals surface area (Å²) in [5, 5.41) is 7.67. The van der Waals surface area contributed by atoms with Gasteiger partial charge in [0, 0.05) is 14.1 Å². The molecule has 2 heterocycles. The van der Waals surface area contributed by atoms with Crippen LogP contribution in [-0.2, 0) is 0 Å². The molecule has 6 nitrogen and oxygen atoms in total. The third kappa shape index (κ3) is 2.48. The van der Waals surface area contributed by atoms with Gasteiger partial charge in [0.15, 0.2) is 11.5 Å². The second kappa shape index (κ2) is 5.73. The van der Waals surface area contributed by atoms with Gasteiger partial charge in [0.2, 0.25) is 0 Å². The molecule has 118 valence electrons. The maximum absolute atomic E-state index is 4.49. The second-order valence-electron chi connectivity index (χ2n) is 5.73. The van der Waals surface area contributed by atoms with Gasteiger partial charge >= 0.3 is 0 Å². The number of aromatic nitrogens is 4. The molecule has 0 N–H and O–H groups in total.